The molecule has 0 heterocycles. The highest BCUT2D eigenvalue weighted by Crippen LogP contribution is 2.40. The number of nitrogens with one attached hydrogen (secondary N) is 2. The summed E-state index contributed by atoms with van der Waals surface area (Å²) in [6.07, 6.45) is 0. The zero-order valence-electron chi connectivity index (χ0n) is 20.7. The molecule has 37 heavy (non-hydrogen) atoms. The molecule has 0 aliphatic carbocycles. The summed E-state index contributed by atoms with van der Waals surface area (Å²) in [4.78, 5) is 48.0. The third kappa shape index (κ3) is 5.50. The number of hydrogen-bond acceptors (Lipinski definition) is 7. The molecule has 0 fully saturated rings. The average Bonchev–Trinajstić information content (AvgIpc) is 2.87. The van der Waals surface area contributed by atoms with Crippen molar-refractivity contribution in [1.82, 2.24) is 0 Å². The fourth-order valence-electron chi connectivity index (χ4n) is 3.89. The van der Waals surface area contributed by atoms with E-state index >= 15 is 0 Å². The number of amides is 3. The maximum atomic E-state index is 12.8. The van der Waals surface area contributed by atoms with Crippen LogP contribution in [0.25, 0.3) is 0 Å². The lowest BCUT2D eigenvalue weighted by Crippen LogP contribution is -2.40. The molecule has 11 nitrogen and oxygen atoms in total. The number of rotatable bonds is 9. The van der Waals surface area contributed by atoms with Gasteiger partial charge in [-0.1, -0.05) is 18.2 Å². The first-order valence-electron chi connectivity index (χ1n) is 11.0. The van der Waals surface area contributed by atoms with Gasteiger partial charge in [0, 0.05) is 29.1 Å². The maximum Gasteiger partial charge on any atom is 0.323 e. The molecule has 0 aliphatic heterocycles. The van der Waals surface area contributed by atoms with Gasteiger partial charge < -0.3 is 25.8 Å². The van der Waals surface area contributed by atoms with Crippen molar-refractivity contribution in [2.45, 2.75) is 19.3 Å². The monoisotopic (exact) mass is 506 g/mol. The number of ketones is 1. The number of nitrogens with zero attached hydrogens (tertiary/aromatic N) is 1. The van der Waals surface area contributed by atoms with Crippen molar-refractivity contribution in [3.8, 4) is 11.5 Å². The number of benzene rings is 3. The average molecular weight is 507 g/mol. The predicted molar refractivity (Wildman–Crippen MR) is 137 cm³/mol. The van der Waals surface area contributed by atoms with Crippen LogP contribution in [0.5, 0.6) is 11.5 Å². The van der Waals surface area contributed by atoms with Crippen LogP contribution >= 0.6 is 0 Å². The van der Waals surface area contributed by atoms with Gasteiger partial charge in [-0.05, 0) is 55.3 Å². The first-order valence-corrected chi connectivity index (χ1v) is 11.0. The van der Waals surface area contributed by atoms with Crippen molar-refractivity contribution in [1.29, 1.82) is 0 Å². The van der Waals surface area contributed by atoms with Gasteiger partial charge in [-0.3, -0.25) is 19.7 Å². The lowest BCUT2D eigenvalue weighted by Gasteiger charge is -2.30. The lowest BCUT2D eigenvalue weighted by molar-refractivity contribution is -0.384. The van der Waals surface area contributed by atoms with E-state index in [1.807, 2.05) is 0 Å². The fraction of sp³-hybridized carbons (Fsp3) is 0.192. The number of ether oxygens (including phenoxy) is 2. The molecule has 4 N–H and O–H groups in total. The topological polar surface area (TPSA) is 163 Å². The van der Waals surface area contributed by atoms with Crippen LogP contribution in [0.2, 0.25) is 0 Å². The van der Waals surface area contributed by atoms with Gasteiger partial charge in [0.15, 0.2) is 17.3 Å². The van der Waals surface area contributed by atoms with Gasteiger partial charge in [-0.2, -0.15) is 0 Å². The van der Waals surface area contributed by atoms with E-state index in [-0.39, 0.29) is 22.7 Å². The van der Waals surface area contributed by atoms with Crippen LogP contribution in [0.3, 0.4) is 0 Å². The fourth-order valence-corrected chi connectivity index (χ4v) is 3.89. The van der Waals surface area contributed by atoms with Gasteiger partial charge in [0.1, 0.15) is 0 Å². The highest BCUT2D eigenvalue weighted by atomic mass is 16.6. The Hall–Kier alpha value is -4.93. The standard InChI is InChI=1S/C26H26N4O7/c1-15(31)20-13-22(36-3)23(37-4)14-21(20)26(2,24(27)32)16-8-10-17(11-9-16)28-25(33)29-18-6-5-7-19(12-18)30(34)35/h5-14H,1-4H3,(H2,27,32)(H2,28,29,33). The smallest absolute Gasteiger partial charge is 0.323 e. The van der Waals surface area contributed by atoms with Crippen molar-refractivity contribution in [3.63, 3.8) is 0 Å². The first kappa shape index (κ1) is 26.7. The van der Waals surface area contributed by atoms with Crippen LogP contribution in [-0.2, 0) is 10.2 Å². The molecule has 0 saturated heterocycles. The Morgan fingerprint density at radius 2 is 1.51 bits per heavy atom. The Labute approximate surface area is 212 Å². The zero-order valence-corrected chi connectivity index (χ0v) is 20.7. The Kier molecular flexibility index (Phi) is 7.76. The highest BCUT2D eigenvalue weighted by molar-refractivity contribution is 6.02. The molecule has 3 rings (SSSR count). The van der Waals surface area contributed by atoms with Crippen molar-refractivity contribution in [2.75, 3.05) is 24.9 Å². The molecule has 0 aliphatic rings. The maximum absolute atomic E-state index is 12.8. The highest BCUT2D eigenvalue weighted by Gasteiger charge is 2.39. The number of non-ortho nitro benzene ring substituents is 1. The van der Waals surface area contributed by atoms with Crippen LogP contribution < -0.4 is 25.8 Å². The molecule has 1 atom stereocenters. The SMILES string of the molecule is COc1cc(C(C)=O)c(C(C)(C(N)=O)c2ccc(NC(=O)Nc3cccc([N+](=O)[O-])c3)cc2)cc1OC. The third-order valence-corrected chi connectivity index (χ3v) is 5.97. The van der Waals surface area contributed by atoms with Crippen molar-refractivity contribution >= 4 is 34.8 Å². The second-order valence-corrected chi connectivity index (χ2v) is 8.26. The Morgan fingerprint density at radius 3 is 2.05 bits per heavy atom. The summed E-state index contributed by atoms with van der Waals surface area (Å²) in [6, 6.07) is 14.3. The van der Waals surface area contributed by atoms with Gasteiger partial charge >= 0.3 is 6.03 Å². The Morgan fingerprint density at radius 1 is 0.919 bits per heavy atom. The molecule has 192 valence electrons. The molecule has 0 spiro atoms. The van der Waals surface area contributed by atoms with E-state index in [9.17, 15) is 24.5 Å². The van der Waals surface area contributed by atoms with Gasteiger partial charge in [-0.25, -0.2) is 4.79 Å². The van der Waals surface area contributed by atoms with Gasteiger partial charge in [0.25, 0.3) is 5.69 Å². The Bertz CT molecular complexity index is 1370. The van der Waals surface area contributed by atoms with Gasteiger partial charge in [0.05, 0.1) is 24.6 Å². The minimum atomic E-state index is -1.43. The third-order valence-electron chi connectivity index (χ3n) is 5.97. The normalized spacial score (nSPS) is 12.1. The number of Topliss-reactive ketones (excluding diaryl/α,β-unsaturated/α-hetero) is 1. The number of nitrogens with two attached hydrogens (primary N) is 1. The number of carbonyl (C=O) groups excluding carboxylic acids is 3. The number of nitro groups is 1. The molecule has 0 aromatic heterocycles. The van der Waals surface area contributed by atoms with Crippen molar-refractivity contribution in [3.05, 3.63) is 87.5 Å². The summed E-state index contributed by atoms with van der Waals surface area (Å²) in [5.74, 6) is -0.338. The van der Waals surface area contributed by atoms with Gasteiger partial charge in [0.2, 0.25) is 5.91 Å². The first-order chi connectivity index (χ1) is 17.5. The lowest BCUT2D eigenvalue weighted by atomic mass is 9.73. The number of hydrogen-bond donors (Lipinski definition) is 3. The summed E-state index contributed by atoms with van der Waals surface area (Å²) < 4.78 is 10.7. The van der Waals surface area contributed by atoms with Crippen LogP contribution in [0.4, 0.5) is 21.9 Å². The number of urea groups is 1. The van der Waals surface area contributed by atoms with Crippen LogP contribution in [-0.4, -0.2) is 36.9 Å². The van der Waals surface area contributed by atoms with Crippen molar-refractivity contribution < 1.29 is 28.8 Å². The quantitative estimate of drug-likeness (QED) is 0.222. The zero-order chi connectivity index (χ0) is 27.3. The van der Waals surface area contributed by atoms with Crippen LogP contribution in [0, 0.1) is 10.1 Å². The van der Waals surface area contributed by atoms with E-state index in [0.29, 0.717) is 28.3 Å². The molecule has 3 aromatic rings. The molecular weight excluding hydrogens is 480 g/mol. The number of nitro benzene ring substituents is 1. The van der Waals surface area contributed by atoms with E-state index in [1.165, 1.54) is 51.5 Å². The summed E-state index contributed by atoms with van der Waals surface area (Å²) in [7, 11) is 2.88. The molecule has 1 unspecified atom stereocenters. The van der Waals surface area contributed by atoms with Crippen LogP contribution in [0.15, 0.2) is 60.7 Å². The molecular formula is C26H26N4O7. The number of primary amides is 1. The van der Waals surface area contributed by atoms with Crippen molar-refractivity contribution in [2.24, 2.45) is 5.73 Å². The number of carbonyl (C=O) groups is 3. The molecule has 11 heteroatoms. The molecule has 0 radical (unpaired) electrons. The number of anilines is 2. The second kappa shape index (κ2) is 10.8. The van der Waals surface area contributed by atoms with E-state index < -0.39 is 22.3 Å². The molecule has 0 bridgehead atoms. The minimum absolute atomic E-state index is 0.159. The molecule has 3 amide bonds. The molecule has 3 aromatic carbocycles. The molecule has 0 saturated carbocycles. The summed E-state index contributed by atoms with van der Waals surface area (Å²) in [5.41, 5.74) is 5.96. The summed E-state index contributed by atoms with van der Waals surface area (Å²) in [6.45, 7) is 2.97. The van der Waals surface area contributed by atoms with E-state index in [2.05, 4.69) is 10.6 Å². The Balaban J connectivity index is 1.92. The van der Waals surface area contributed by atoms with Crippen LogP contribution in [0.1, 0.15) is 35.3 Å². The predicted octanol–water partition coefficient (Wildman–Crippen LogP) is 4.25. The second-order valence-electron chi connectivity index (χ2n) is 8.26. The van der Waals surface area contributed by atoms with E-state index in [4.69, 9.17) is 15.2 Å². The van der Waals surface area contributed by atoms with E-state index in [0.717, 1.165) is 0 Å². The van der Waals surface area contributed by atoms with E-state index in [1.54, 1.807) is 37.3 Å². The van der Waals surface area contributed by atoms with Gasteiger partial charge in [-0.15, -0.1) is 0 Å². The summed E-state index contributed by atoms with van der Waals surface area (Å²) >= 11 is 0. The largest absolute Gasteiger partial charge is 0.493 e. The summed E-state index contributed by atoms with van der Waals surface area (Å²) in [5, 5.41) is 16.1. The minimum Gasteiger partial charge on any atom is -0.493 e. The number of methoxy groups -OCH3 is 2.